The first-order valence-corrected chi connectivity index (χ1v) is 19.8. The molecule has 2 aromatic heterocycles. The number of benzene rings is 2. The monoisotopic (exact) mass is 802 g/mol. The van der Waals surface area contributed by atoms with Crippen molar-refractivity contribution in [3.63, 3.8) is 0 Å². The van der Waals surface area contributed by atoms with Gasteiger partial charge in [0.15, 0.2) is 0 Å². The molecule has 0 aliphatic carbocycles. The highest BCUT2D eigenvalue weighted by Crippen LogP contribution is 2.37. The van der Waals surface area contributed by atoms with Gasteiger partial charge in [-0.25, -0.2) is 14.8 Å². The molecule has 3 amide bonds. The summed E-state index contributed by atoms with van der Waals surface area (Å²) in [6.07, 6.45) is 4.93. The summed E-state index contributed by atoms with van der Waals surface area (Å²) in [6.45, 7) is 8.69. The second-order valence-electron chi connectivity index (χ2n) is 15.0. The number of carbonyl (C=O) groups is 3. The molecule has 4 aromatic rings. The maximum Gasteiger partial charge on any atom is 0.407 e. The maximum absolute atomic E-state index is 13.7. The summed E-state index contributed by atoms with van der Waals surface area (Å²) in [5, 5.41) is 9.70. The predicted octanol–water partition coefficient (Wildman–Crippen LogP) is 6.49. The van der Waals surface area contributed by atoms with Gasteiger partial charge in [0.25, 0.3) is 0 Å². The molecule has 2 aliphatic rings. The third-order valence-electron chi connectivity index (χ3n) is 10.5. The van der Waals surface area contributed by atoms with Gasteiger partial charge >= 0.3 is 6.09 Å². The number of likely N-dealkylation sites (tertiary alicyclic amines) is 2. The van der Waals surface area contributed by atoms with Gasteiger partial charge in [-0.2, -0.15) is 30.1 Å². The zero-order valence-corrected chi connectivity index (χ0v) is 33.9. The van der Waals surface area contributed by atoms with E-state index in [0.717, 1.165) is 33.6 Å². The second-order valence-corrected chi connectivity index (χ2v) is 16.5. The molecule has 0 unspecified atom stereocenters. The topological polar surface area (TPSA) is 179 Å². The third kappa shape index (κ3) is 9.08. The minimum absolute atomic E-state index is 0.00709. The number of rotatable bonds is 14. The van der Waals surface area contributed by atoms with Crippen molar-refractivity contribution in [1.29, 1.82) is 5.41 Å². The van der Waals surface area contributed by atoms with E-state index in [2.05, 4.69) is 62.1 Å². The number of aromatic amines is 2. The van der Waals surface area contributed by atoms with Crippen LogP contribution in [0.1, 0.15) is 64.3 Å². The molecule has 16 heteroatoms. The first-order valence-electron chi connectivity index (χ1n) is 18.8. The summed E-state index contributed by atoms with van der Waals surface area (Å²) in [5.74, 6) is 0.562. The fourth-order valence-electron chi connectivity index (χ4n) is 7.41. The molecule has 0 radical (unpaired) electrons. The van der Waals surface area contributed by atoms with Crippen LogP contribution in [-0.2, 0) is 24.1 Å². The van der Waals surface area contributed by atoms with Gasteiger partial charge in [0.05, 0.1) is 48.9 Å². The lowest BCUT2D eigenvalue weighted by Crippen LogP contribution is -2.51. The number of ether oxygens (including phenoxy) is 1. The van der Waals surface area contributed by atoms with Crippen LogP contribution in [0.4, 0.5) is 4.79 Å². The van der Waals surface area contributed by atoms with Crippen LogP contribution in [-0.4, -0.2) is 97.4 Å². The Kier molecular flexibility index (Phi) is 13.1. The molecule has 4 N–H and O–H groups in total. The zero-order chi connectivity index (χ0) is 40.1. The van der Waals surface area contributed by atoms with E-state index >= 15 is 0 Å². The molecule has 298 valence electrons. The van der Waals surface area contributed by atoms with Crippen molar-refractivity contribution in [2.75, 3.05) is 26.8 Å². The molecule has 0 spiro atoms. The smallest absolute Gasteiger partial charge is 0.407 e. The molecule has 2 saturated heterocycles. The highest BCUT2D eigenvalue weighted by molar-refractivity contribution is 7.81. The largest absolute Gasteiger partial charge is 0.453 e. The van der Waals surface area contributed by atoms with Crippen molar-refractivity contribution in [2.45, 2.75) is 69.2 Å². The average molecular weight is 803 g/mol. The summed E-state index contributed by atoms with van der Waals surface area (Å²) in [6, 6.07) is 15.1. The molecule has 4 heterocycles. The molecule has 6 atom stereocenters. The number of aromatic nitrogens is 4. The minimum atomic E-state index is -0.734. The summed E-state index contributed by atoms with van der Waals surface area (Å²) in [4.78, 5) is 68.8. The Morgan fingerprint density at radius 2 is 1.27 bits per heavy atom. The Morgan fingerprint density at radius 3 is 1.70 bits per heavy atom. The highest BCUT2D eigenvalue weighted by Gasteiger charge is 2.41. The van der Waals surface area contributed by atoms with Crippen molar-refractivity contribution in [2.24, 2.45) is 17.8 Å². The molecular weight excluding hydrogens is 753 g/mol. The van der Waals surface area contributed by atoms with Crippen LogP contribution in [0, 0.1) is 23.2 Å². The SMILES string of the molecule is COC(=O)N[C@H](C(=O)N1C[C@@H](S)C[C@H]1c1ncc(-c2ccc(-c3ccc(-c4cnc([C@@H]5C[C@H](S)CN5C(=O)[C@@H](COOC=N)C(C)C)[nH]4)cc3)cc2)[nH]1)C(C)C. The fraction of sp³-hybridized carbons (Fsp3) is 0.450. The first-order chi connectivity index (χ1) is 26.9. The molecule has 2 fully saturated rings. The number of carbonyl (C=O) groups excluding carboxylic acids is 3. The number of alkyl carbamates (subject to hydrolysis) is 1. The number of nitrogens with one attached hydrogen (secondary N) is 4. The molecule has 14 nitrogen and oxygen atoms in total. The van der Waals surface area contributed by atoms with Crippen LogP contribution < -0.4 is 5.32 Å². The molecule has 2 aromatic carbocycles. The Morgan fingerprint density at radius 1 is 0.804 bits per heavy atom. The van der Waals surface area contributed by atoms with Gasteiger partial charge in [-0.15, -0.1) is 0 Å². The van der Waals surface area contributed by atoms with E-state index in [9.17, 15) is 14.4 Å². The summed E-state index contributed by atoms with van der Waals surface area (Å²) < 4.78 is 4.76. The number of nitrogens with zero attached hydrogens (tertiary/aromatic N) is 4. The lowest BCUT2D eigenvalue weighted by atomic mass is 9.95. The van der Waals surface area contributed by atoms with Gasteiger partial charge in [-0.1, -0.05) is 76.2 Å². The van der Waals surface area contributed by atoms with Gasteiger partial charge in [-0.05, 0) is 46.9 Å². The number of hydrogen-bond donors (Lipinski definition) is 6. The predicted molar refractivity (Wildman–Crippen MR) is 219 cm³/mol. The average Bonchev–Trinajstić information content (AvgIpc) is 4.01. The van der Waals surface area contributed by atoms with E-state index in [0.29, 0.717) is 44.0 Å². The summed E-state index contributed by atoms with van der Waals surface area (Å²) >= 11 is 9.40. The molecule has 56 heavy (non-hydrogen) atoms. The number of hydrogen-bond acceptors (Lipinski definition) is 11. The quantitative estimate of drug-likeness (QED) is 0.0209. The first kappa shape index (κ1) is 40.9. The molecule has 2 aliphatic heterocycles. The van der Waals surface area contributed by atoms with E-state index in [1.807, 2.05) is 56.9 Å². The van der Waals surface area contributed by atoms with Crippen LogP contribution in [0.15, 0.2) is 60.9 Å². The second kappa shape index (κ2) is 18.0. The Bertz CT molecular complexity index is 1980. The van der Waals surface area contributed by atoms with Crippen LogP contribution >= 0.6 is 25.3 Å². The van der Waals surface area contributed by atoms with E-state index in [4.69, 9.17) is 32.6 Å². The Hall–Kier alpha value is -4.80. The van der Waals surface area contributed by atoms with Crippen molar-refractivity contribution in [3.8, 4) is 33.6 Å². The number of thiol groups is 2. The van der Waals surface area contributed by atoms with E-state index in [1.54, 1.807) is 17.3 Å². The van der Waals surface area contributed by atoms with Crippen molar-refractivity contribution < 1.29 is 28.9 Å². The Labute approximate surface area is 337 Å². The van der Waals surface area contributed by atoms with Crippen molar-refractivity contribution >= 4 is 49.6 Å². The van der Waals surface area contributed by atoms with Gasteiger partial charge < -0.3 is 34.7 Å². The lowest BCUT2D eigenvalue weighted by molar-refractivity contribution is -0.229. The van der Waals surface area contributed by atoms with Gasteiger partial charge in [-0.3, -0.25) is 15.0 Å². The van der Waals surface area contributed by atoms with E-state index < -0.39 is 18.1 Å². The number of amides is 3. The molecule has 6 rings (SSSR count). The van der Waals surface area contributed by atoms with Gasteiger partial charge in [0.2, 0.25) is 18.2 Å². The number of imidazole rings is 2. The zero-order valence-electron chi connectivity index (χ0n) is 32.1. The van der Waals surface area contributed by atoms with E-state index in [1.165, 1.54) is 7.11 Å². The van der Waals surface area contributed by atoms with Gasteiger partial charge in [0.1, 0.15) is 24.3 Å². The van der Waals surface area contributed by atoms with Crippen LogP contribution in [0.2, 0.25) is 0 Å². The third-order valence-corrected chi connectivity index (χ3v) is 11.3. The van der Waals surface area contributed by atoms with Crippen LogP contribution in [0.5, 0.6) is 0 Å². The number of H-pyrrole nitrogens is 2. The van der Waals surface area contributed by atoms with E-state index in [-0.39, 0.29) is 52.8 Å². The Balaban J connectivity index is 1.12. The maximum atomic E-state index is 13.7. The van der Waals surface area contributed by atoms with Crippen LogP contribution in [0.3, 0.4) is 0 Å². The van der Waals surface area contributed by atoms with Crippen molar-refractivity contribution in [1.82, 2.24) is 35.1 Å². The minimum Gasteiger partial charge on any atom is -0.453 e. The molecular formula is C40H50N8O6S2. The standard InChI is InChI=1S/C40H50N8O6S2/c1-22(2)30(20-53-54-21-41)38(49)47-18-28(55)14-33(47)36-42-16-31(44-36)26-10-6-24(7-11-26)25-8-12-27(13-9-25)32-17-43-37(45-32)34-15-29(56)19-48(34)39(50)35(23(3)4)46-40(51)52-5/h6-13,16-17,21-23,28-30,33-35,41,55-56H,14-15,18-20H2,1-5H3,(H,42,44)(H,43,45)(H,46,51)/t28-,29-,30-,33-,34-,35-/m0/s1. The molecule has 0 bridgehead atoms. The van der Waals surface area contributed by atoms with Gasteiger partial charge in [0, 0.05) is 23.6 Å². The summed E-state index contributed by atoms with van der Waals surface area (Å²) in [5.41, 5.74) is 5.69. The summed E-state index contributed by atoms with van der Waals surface area (Å²) in [7, 11) is 1.28. The lowest BCUT2D eigenvalue weighted by Gasteiger charge is -2.29. The molecule has 0 saturated carbocycles. The number of methoxy groups -OCH3 is 1. The normalized spacial score (nSPS) is 20.7. The van der Waals surface area contributed by atoms with Crippen LogP contribution in [0.25, 0.3) is 33.6 Å². The van der Waals surface area contributed by atoms with Crippen molar-refractivity contribution in [3.05, 3.63) is 72.6 Å². The fourth-order valence-corrected chi connectivity index (χ4v) is 8.16. The highest BCUT2D eigenvalue weighted by atomic mass is 32.1.